The van der Waals surface area contributed by atoms with Gasteiger partial charge in [-0.1, -0.05) is 119 Å². The van der Waals surface area contributed by atoms with E-state index in [-0.39, 0.29) is 0 Å². The van der Waals surface area contributed by atoms with Gasteiger partial charge in [-0.25, -0.2) is 0 Å². The van der Waals surface area contributed by atoms with Gasteiger partial charge in [0.05, 0.1) is 0 Å². The van der Waals surface area contributed by atoms with Gasteiger partial charge in [0.15, 0.2) is 0 Å². The summed E-state index contributed by atoms with van der Waals surface area (Å²) in [6.07, 6.45) is 16.2. The Morgan fingerprint density at radius 3 is 1.58 bits per heavy atom. The average Bonchev–Trinajstić information content (AvgIpc) is 2.75. The van der Waals surface area contributed by atoms with Crippen LogP contribution in [0.1, 0.15) is 140 Å². The van der Waals surface area contributed by atoms with Crippen LogP contribution in [-0.2, 0) is 0 Å². The lowest BCUT2D eigenvalue weighted by Gasteiger charge is -2.31. The molecule has 0 radical (unpaired) electrons. The third-order valence-electron chi connectivity index (χ3n) is 8.84. The topological polar surface area (TPSA) is 0 Å². The van der Waals surface area contributed by atoms with E-state index in [9.17, 15) is 0 Å². The Morgan fingerprint density at radius 2 is 1.13 bits per heavy atom. The van der Waals surface area contributed by atoms with Crippen molar-refractivity contribution in [3.63, 3.8) is 0 Å². The molecule has 0 aromatic heterocycles. The molecule has 7 atom stereocenters. The standard InChI is InChI=1S/C31H62/c1-12-24(7)30(14-3)31(15-4)29(13-2)19-17-16-18-25(8)27(10)22-28(11)26(9)21-20-23(5)6/h15,23-30H,12-14,16-22H2,1-11H3. The number of hydrogen-bond acceptors (Lipinski definition) is 0. The van der Waals surface area contributed by atoms with Crippen LogP contribution >= 0.6 is 0 Å². The first kappa shape index (κ1) is 30.7. The molecular weight excluding hydrogens is 372 g/mol. The van der Waals surface area contributed by atoms with Gasteiger partial charge in [0, 0.05) is 0 Å². The summed E-state index contributed by atoms with van der Waals surface area (Å²) in [5.74, 6) is 6.72. The molecule has 186 valence electrons. The highest BCUT2D eigenvalue weighted by Crippen LogP contribution is 2.36. The summed E-state index contributed by atoms with van der Waals surface area (Å²) < 4.78 is 0. The lowest BCUT2D eigenvalue weighted by Crippen LogP contribution is -2.19. The molecule has 0 spiro atoms. The Labute approximate surface area is 199 Å². The molecular formula is C31H62. The number of hydrogen-bond donors (Lipinski definition) is 0. The molecule has 0 aliphatic heterocycles. The van der Waals surface area contributed by atoms with E-state index in [1.165, 1.54) is 64.2 Å². The van der Waals surface area contributed by atoms with Crippen molar-refractivity contribution in [2.75, 3.05) is 0 Å². The largest absolute Gasteiger partial charge is 0.0879 e. The normalized spacial score (nSPS) is 19.7. The second kappa shape index (κ2) is 17.2. The third-order valence-corrected chi connectivity index (χ3v) is 8.84. The second-order valence-corrected chi connectivity index (χ2v) is 11.7. The Morgan fingerprint density at radius 1 is 0.581 bits per heavy atom. The fourth-order valence-electron chi connectivity index (χ4n) is 5.68. The molecule has 0 saturated heterocycles. The van der Waals surface area contributed by atoms with E-state index in [1.54, 1.807) is 5.57 Å². The van der Waals surface area contributed by atoms with Crippen LogP contribution < -0.4 is 0 Å². The van der Waals surface area contributed by atoms with E-state index in [0.29, 0.717) is 0 Å². The van der Waals surface area contributed by atoms with Gasteiger partial charge in [-0.15, -0.1) is 0 Å². The molecule has 0 fully saturated rings. The molecule has 0 bridgehead atoms. The van der Waals surface area contributed by atoms with Crippen LogP contribution in [0.5, 0.6) is 0 Å². The van der Waals surface area contributed by atoms with Crippen LogP contribution in [0, 0.1) is 47.3 Å². The summed E-state index contributed by atoms with van der Waals surface area (Å²) in [7, 11) is 0. The molecule has 0 N–H and O–H groups in total. The zero-order valence-electron chi connectivity index (χ0n) is 23.8. The molecule has 0 aromatic carbocycles. The second-order valence-electron chi connectivity index (χ2n) is 11.7. The predicted molar refractivity (Wildman–Crippen MR) is 145 cm³/mol. The summed E-state index contributed by atoms with van der Waals surface area (Å²) in [6, 6.07) is 0. The maximum absolute atomic E-state index is 2.51. The van der Waals surface area contributed by atoms with Crippen LogP contribution in [-0.4, -0.2) is 0 Å². The van der Waals surface area contributed by atoms with Crippen molar-refractivity contribution in [3.8, 4) is 0 Å². The van der Waals surface area contributed by atoms with E-state index >= 15 is 0 Å². The Balaban J connectivity index is 4.49. The van der Waals surface area contributed by atoms with Gasteiger partial charge in [-0.05, 0) is 80.0 Å². The van der Waals surface area contributed by atoms with Gasteiger partial charge in [0.25, 0.3) is 0 Å². The van der Waals surface area contributed by atoms with Crippen LogP contribution in [0.15, 0.2) is 11.6 Å². The molecule has 0 saturated carbocycles. The molecule has 0 heteroatoms. The van der Waals surface area contributed by atoms with Crippen molar-refractivity contribution in [1.82, 2.24) is 0 Å². The van der Waals surface area contributed by atoms with Crippen molar-refractivity contribution >= 4 is 0 Å². The highest BCUT2D eigenvalue weighted by molar-refractivity contribution is 5.11. The van der Waals surface area contributed by atoms with E-state index < -0.39 is 0 Å². The summed E-state index contributed by atoms with van der Waals surface area (Å²) >= 11 is 0. The van der Waals surface area contributed by atoms with Gasteiger partial charge in [-0.2, -0.15) is 0 Å². The van der Waals surface area contributed by atoms with E-state index in [2.05, 4.69) is 82.2 Å². The lowest BCUT2D eigenvalue weighted by atomic mass is 9.75. The predicted octanol–water partition coefficient (Wildman–Crippen LogP) is 11.0. The smallest absolute Gasteiger partial charge is 0.0178 e. The number of allylic oxidation sites excluding steroid dienone is 2. The van der Waals surface area contributed by atoms with Crippen molar-refractivity contribution < 1.29 is 0 Å². The van der Waals surface area contributed by atoms with Gasteiger partial charge in [0.1, 0.15) is 0 Å². The molecule has 0 amide bonds. The van der Waals surface area contributed by atoms with Gasteiger partial charge >= 0.3 is 0 Å². The van der Waals surface area contributed by atoms with Crippen molar-refractivity contribution in [2.24, 2.45) is 47.3 Å². The highest BCUT2D eigenvalue weighted by atomic mass is 14.3. The first-order valence-electron chi connectivity index (χ1n) is 14.3. The Hall–Kier alpha value is -0.260. The van der Waals surface area contributed by atoms with E-state index in [0.717, 1.165) is 47.3 Å². The lowest BCUT2D eigenvalue weighted by molar-refractivity contribution is 0.236. The van der Waals surface area contributed by atoms with E-state index in [1.807, 2.05) is 0 Å². The number of rotatable bonds is 18. The van der Waals surface area contributed by atoms with Crippen molar-refractivity contribution in [1.29, 1.82) is 0 Å². The van der Waals surface area contributed by atoms with Crippen molar-refractivity contribution in [3.05, 3.63) is 11.6 Å². The van der Waals surface area contributed by atoms with E-state index in [4.69, 9.17) is 0 Å². The summed E-state index contributed by atoms with van der Waals surface area (Å²) in [5.41, 5.74) is 1.77. The number of unbranched alkanes of at least 4 members (excludes halogenated alkanes) is 1. The van der Waals surface area contributed by atoms with Gasteiger partial charge in [0.2, 0.25) is 0 Å². The minimum Gasteiger partial charge on any atom is -0.0879 e. The van der Waals surface area contributed by atoms with Crippen LogP contribution in [0.2, 0.25) is 0 Å². The van der Waals surface area contributed by atoms with Gasteiger partial charge < -0.3 is 0 Å². The highest BCUT2D eigenvalue weighted by Gasteiger charge is 2.24. The SMILES string of the molecule is CC=C(C(CC)CCCCC(C)C(C)CC(C)C(C)CCC(C)C)C(CC)C(C)CC. The maximum Gasteiger partial charge on any atom is -0.0178 e. The molecule has 0 nitrogen and oxygen atoms in total. The molecule has 0 aliphatic carbocycles. The summed E-state index contributed by atoms with van der Waals surface area (Å²) in [6.45, 7) is 26.6. The quantitative estimate of drug-likeness (QED) is 0.148. The molecule has 7 unspecified atom stereocenters. The van der Waals surface area contributed by atoms with Crippen molar-refractivity contribution in [2.45, 2.75) is 140 Å². The average molecular weight is 435 g/mol. The molecule has 31 heavy (non-hydrogen) atoms. The zero-order valence-corrected chi connectivity index (χ0v) is 23.8. The first-order valence-corrected chi connectivity index (χ1v) is 14.3. The minimum absolute atomic E-state index is 0.790. The summed E-state index contributed by atoms with van der Waals surface area (Å²) in [4.78, 5) is 0. The molecule has 0 rings (SSSR count). The molecule has 0 aromatic rings. The third kappa shape index (κ3) is 12.0. The van der Waals surface area contributed by atoms with Crippen LogP contribution in [0.4, 0.5) is 0 Å². The van der Waals surface area contributed by atoms with Crippen LogP contribution in [0.3, 0.4) is 0 Å². The Bertz CT molecular complexity index is 445. The van der Waals surface area contributed by atoms with Gasteiger partial charge in [-0.3, -0.25) is 0 Å². The molecule has 0 heterocycles. The minimum atomic E-state index is 0.790. The monoisotopic (exact) mass is 434 g/mol. The first-order chi connectivity index (χ1) is 14.6. The maximum atomic E-state index is 2.51. The fraction of sp³-hybridized carbons (Fsp3) is 0.935. The fourth-order valence-corrected chi connectivity index (χ4v) is 5.68. The Kier molecular flexibility index (Phi) is 17.1. The summed E-state index contributed by atoms with van der Waals surface area (Å²) in [5, 5.41) is 0. The van der Waals surface area contributed by atoms with Crippen LogP contribution in [0.25, 0.3) is 0 Å². The zero-order chi connectivity index (χ0) is 24.0. The molecule has 0 aliphatic rings.